The van der Waals surface area contributed by atoms with E-state index >= 15 is 0 Å². The minimum Gasteiger partial charge on any atom is -0.384 e. The number of nitrogen functional groups attached to an aromatic ring is 1. The maximum atomic E-state index is 9.56. The average molecular weight is 337 g/mol. The number of rotatable bonds is 2. The highest BCUT2D eigenvalue weighted by Gasteiger charge is 2.15. The van der Waals surface area contributed by atoms with Gasteiger partial charge in [0.1, 0.15) is 11.6 Å². The van der Waals surface area contributed by atoms with Crippen LogP contribution in [0.5, 0.6) is 0 Å². The summed E-state index contributed by atoms with van der Waals surface area (Å²) in [5.74, 6) is 1.47. The van der Waals surface area contributed by atoms with Crippen molar-refractivity contribution in [2.75, 3.05) is 29.5 Å². The van der Waals surface area contributed by atoms with Crippen molar-refractivity contribution in [2.24, 2.45) is 0 Å². The van der Waals surface area contributed by atoms with Crippen molar-refractivity contribution in [3.63, 3.8) is 0 Å². The summed E-state index contributed by atoms with van der Waals surface area (Å²) in [6.07, 6.45) is 3.84. The van der Waals surface area contributed by atoms with Gasteiger partial charge in [-0.25, -0.2) is 4.98 Å². The maximum absolute atomic E-state index is 9.56. The molecule has 1 aromatic heterocycles. The molecule has 7 heteroatoms. The van der Waals surface area contributed by atoms with Crippen LogP contribution in [0.1, 0.15) is 26.2 Å². The maximum Gasteiger partial charge on any atom is 0.264 e. The molecule has 1 aliphatic rings. The van der Waals surface area contributed by atoms with E-state index in [0.717, 1.165) is 18.9 Å². The lowest BCUT2D eigenvalue weighted by Crippen LogP contribution is -2.30. The number of piperidine rings is 1. The first-order chi connectivity index (χ1) is 10.9. The van der Waals surface area contributed by atoms with Gasteiger partial charge in [-0.2, -0.15) is 8.42 Å². The molecular weight excluding hydrogens is 314 g/mol. The molecule has 0 atom stereocenters. The molecule has 6 nitrogen and oxygen atoms in total. The third-order valence-corrected chi connectivity index (χ3v) is 4.49. The Balaban J connectivity index is 0.000000277. The largest absolute Gasteiger partial charge is 0.384 e. The van der Waals surface area contributed by atoms with E-state index in [1.807, 2.05) is 12.1 Å². The molecule has 3 rings (SSSR count). The van der Waals surface area contributed by atoms with E-state index in [-0.39, 0.29) is 5.75 Å². The molecule has 1 aromatic carbocycles. The summed E-state index contributed by atoms with van der Waals surface area (Å²) in [7, 11) is -3.66. The van der Waals surface area contributed by atoms with Gasteiger partial charge in [-0.1, -0.05) is 24.3 Å². The summed E-state index contributed by atoms with van der Waals surface area (Å²) in [5, 5.41) is 2.39. The van der Waals surface area contributed by atoms with Gasteiger partial charge in [-0.05, 0) is 37.6 Å². The Kier molecular flexibility index (Phi) is 5.79. The number of benzene rings is 1. The fourth-order valence-electron chi connectivity index (χ4n) is 2.55. The molecule has 1 saturated heterocycles. The first-order valence-electron chi connectivity index (χ1n) is 7.76. The van der Waals surface area contributed by atoms with Crippen molar-refractivity contribution in [3.05, 3.63) is 30.3 Å². The molecule has 23 heavy (non-hydrogen) atoms. The van der Waals surface area contributed by atoms with Crippen molar-refractivity contribution in [1.82, 2.24) is 4.98 Å². The van der Waals surface area contributed by atoms with Crippen molar-refractivity contribution in [2.45, 2.75) is 26.2 Å². The third kappa shape index (κ3) is 5.07. The fourth-order valence-corrected chi connectivity index (χ4v) is 2.55. The first-order valence-corrected chi connectivity index (χ1v) is 9.37. The Morgan fingerprint density at radius 2 is 1.83 bits per heavy atom. The SMILES string of the molecule is CCS(=O)(=O)O.Nc1cc2ccccc2c(N2CCCCC2)n1. The van der Waals surface area contributed by atoms with Crippen LogP contribution in [0, 0.1) is 0 Å². The van der Waals surface area contributed by atoms with Crippen LogP contribution in [-0.2, 0) is 10.1 Å². The zero-order chi connectivity index (χ0) is 16.9. The third-order valence-electron chi connectivity index (χ3n) is 3.76. The van der Waals surface area contributed by atoms with E-state index in [1.165, 1.54) is 37.0 Å². The molecule has 1 fully saturated rings. The van der Waals surface area contributed by atoms with Crippen LogP contribution in [0.15, 0.2) is 30.3 Å². The van der Waals surface area contributed by atoms with E-state index in [2.05, 4.69) is 28.1 Å². The van der Waals surface area contributed by atoms with Gasteiger partial charge >= 0.3 is 0 Å². The lowest BCUT2D eigenvalue weighted by Gasteiger charge is -2.28. The smallest absolute Gasteiger partial charge is 0.264 e. The zero-order valence-corrected chi connectivity index (χ0v) is 14.1. The van der Waals surface area contributed by atoms with Crippen LogP contribution >= 0.6 is 0 Å². The molecule has 2 heterocycles. The van der Waals surface area contributed by atoms with Crippen LogP contribution in [0.4, 0.5) is 11.6 Å². The average Bonchev–Trinajstić information content (AvgIpc) is 2.55. The monoisotopic (exact) mass is 337 g/mol. The van der Waals surface area contributed by atoms with Gasteiger partial charge in [0.2, 0.25) is 0 Å². The highest BCUT2D eigenvalue weighted by molar-refractivity contribution is 7.85. The Labute approximate surface area is 137 Å². The Bertz CT molecular complexity index is 756. The number of anilines is 2. The summed E-state index contributed by atoms with van der Waals surface area (Å²) in [6.45, 7) is 3.57. The topological polar surface area (TPSA) is 96.5 Å². The molecule has 0 unspecified atom stereocenters. The number of aromatic nitrogens is 1. The van der Waals surface area contributed by atoms with Gasteiger partial charge in [0.15, 0.2) is 0 Å². The normalized spacial score (nSPS) is 15.1. The van der Waals surface area contributed by atoms with Gasteiger partial charge in [0, 0.05) is 18.5 Å². The molecule has 0 aliphatic carbocycles. The van der Waals surface area contributed by atoms with Gasteiger partial charge < -0.3 is 10.6 Å². The lowest BCUT2D eigenvalue weighted by molar-refractivity contribution is 0.484. The molecule has 3 N–H and O–H groups in total. The minimum absolute atomic E-state index is 0.201. The molecule has 0 radical (unpaired) electrons. The minimum atomic E-state index is -3.66. The second kappa shape index (κ2) is 7.61. The van der Waals surface area contributed by atoms with Gasteiger partial charge in [-0.15, -0.1) is 0 Å². The van der Waals surface area contributed by atoms with E-state index in [0.29, 0.717) is 5.82 Å². The molecule has 0 saturated carbocycles. The predicted octanol–water partition coefficient (Wildman–Crippen LogP) is 2.70. The van der Waals surface area contributed by atoms with Crippen LogP contribution in [-0.4, -0.2) is 36.8 Å². The molecule has 1 aliphatic heterocycles. The molecule has 0 amide bonds. The Morgan fingerprint density at radius 3 is 2.43 bits per heavy atom. The molecular formula is C16H23N3O3S. The second-order valence-electron chi connectivity index (χ2n) is 5.51. The van der Waals surface area contributed by atoms with Crippen LogP contribution in [0.2, 0.25) is 0 Å². The Morgan fingerprint density at radius 1 is 1.22 bits per heavy atom. The number of fused-ring (bicyclic) bond motifs is 1. The first kappa shape index (κ1) is 17.5. The quantitative estimate of drug-likeness (QED) is 0.818. The fraction of sp³-hybridized carbons (Fsp3) is 0.438. The van der Waals surface area contributed by atoms with Crippen molar-refractivity contribution < 1.29 is 13.0 Å². The van der Waals surface area contributed by atoms with Gasteiger partial charge in [0.05, 0.1) is 5.75 Å². The summed E-state index contributed by atoms with van der Waals surface area (Å²) >= 11 is 0. The molecule has 0 spiro atoms. The number of hydrogen-bond acceptors (Lipinski definition) is 5. The highest BCUT2D eigenvalue weighted by atomic mass is 32.2. The van der Waals surface area contributed by atoms with E-state index in [1.54, 1.807) is 0 Å². The Hall–Kier alpha value is -1.86. The van der Waals surface area contributed by atoms with Crippen LogP contribution in [0.3, 0.4) is 0 Å². The van der Waals surface area contributed by atoms with Gasteiger partial charge in [-0.3, -0.25) is 4.55 Å². The summed E-state index contributed by atoms with van der Waals surface area (Å²) < 4.78 is 26.9. The summed E-state index contributed by atoms with van der Waals surface area (Å²) in [4.78, 5) is 6.89. The molecule has 0 bridgehead atoms. The zero-order valence-electron chi connectivity index (χ0n) is 13.3. The van der Waals surface area contributed by atoms with Crippen molar-refractivity contribution in [1.29, 1.82) is 0 Å². The summed E-state index contributed by atoms with van der Waals surface area (Å²) in [5.41, 5.74) is 5.89. The molecule has 126 valence electrons. The standard InChI is InChI=1S/C14H17N3.C2H6O3S/c15-13-10-11-6-2-3-7-12(11)14(16-13)17-8-4-1-5-9-17;1-2-6(3,4)5/h2-3,6-7,10H,1,4-5,8-9H2,(H2,15,16);2H2,1H3,(H,3,4,5). The summed E-state index contributed by atoms with van der Waals surface area (Å²) in [6, 6.07) is 10.3. The number of nitrogens with zero attached hydrogens (tertiary/aromatic N) is 2. The van der Waals surface area contributed by atoms with Gasteiger partial charge in [0.25, 0.3) is 10.1 Å². The van der Waals surface area contributed by atoms with Crippen molar-refractivity contribution in [3.8, 4) is 0 Å². The number of nitrogens with two attached hydrogens (primary N) is 1. The number of hydrogen-bond donors (Lipinski definition) is 2. The van der Waals surface area contributed by atoms with E-state index in [9.17, 15) is 8.42 Å². The van der Waals surface area contributed by atoms with Crippen LogP contribution in [0.25, 0.3) is 10.8 Å². The van der Waals surface area contributed by atoms with E-state index in [4.69, 9.17) is 10.3 Å². The predicted molar refractivity (Wildman–Crippen MR) is 94.3 cm³/mol. The van der Waals surface area contributed by atoms with E-state index < -0.39 is 10.1 Å². The van der Waals surface area contributed by atoms with Crippen molar-refractivity contribution >= 4 is 32.5 Å². The second-order valence-corrected chi connectivity index (χ2v) is 7.25. The lowest BCUT2D eigenvalue weighted by atomic mass is 10.1. The highest BCUT2D eigenvalue weighted by Crippen LogP contribution is 2.28. The molecule has 2 aromatic rings. The number of pyridine rings is 1. The van der Waals surface area contributed by atoms with Crippen LogP contribution < -0.4 is 10.6 Å².